The van der Waals surface area contributed by atoms with E-state index in [9.17, 15) is 8.42 Å². The third kappa shape index (κ3) is 4.94. The van der Waals surface area contributed by atoms with Crippen molar-refractivity contribution < 1.29 is 8.42 Å². The number of rotatable bonds is 8. The molecule has 1 aliphatic rings. The lowest BCUT2D eigenvalue weighted by atomic mass is 10.1. The van der Waals surface area contributed by atoms with Crippen molar-refractivity contribution in [3.63, 3.8) is 0 Å². The van der Waals surface area contributed by atoms with Crippen LogP contribution in [0.1, 0.15) is 25.3 Å². The third-order valence-electron chi connectivity index (χ3n) is 4.69. The van der Waals surface area contributed by atoms with Crippen LogP contribution in [-0.4, -0.2) is 49.0 Å². The minimum absolute atomic E-state index is 0.00540. The molecule has 0 bridgehead atoms. The van der Waals surface area contributed by atoms with Crippen molar-refractivity contribution in [1.29, 1.82) is 0 Å². The fourth-order valence-electron chi connectivity index (χ4n) is 3.36. The summed E-state index contributed by atoms with van der Waals surface area (Å²) in [6, 6.07) is 12.2. The van der Waals surface area contributed by atoms with E-state index in [2.05, 4.69) is 44.5 Å². The highest BCUT2D eigenvalue weighted by atomic mass is 32.2. The Morgan fingerprint density at radius 1 is 1.23 bits per heavy atom. The van der Waals surface area contributed by atoms with Gasteiger partial charge in [0.1, 0.15) is 5.82 Å². The maximum absolute atomic E-state index is 11.8. The number of sulfone groups is 1. The fraction of sp³-hybridized carbons (Fsp3) is 0.474. The maximum atomic E-state index is 11.8. The summed E-state index contributed by atoms with van der Waals surface area (Å²) in [5.41, 5.74) is 1.32. The minimum atomic E-state index is -2.91. The molecule has 0 aliphatic carbocycles. The molecule has 2 heterocycles. The summed E-state index contributed by atoms with van der Waals surface area (Å²) in [6.45, 7) is 3.55. The van der Waals surface area contributed by atoms with Crippen LogP contribution in [0.2, 0.25) is 0 Å². The number of nitrogens with one attached hydrogen (secondary N) is 1. The molecular weight excluding hydrogens is 348 g/mol. The number of aromatic nitrogens is 2. The first-order valence-electron chi connectivity index (χ1n) is 9.15. The van der Waals surface area contributed by atoms with Crippen LogP contribution >= 0.6 is 0 Å². The van der Waals surface area contributed by atoms with Gasteiger partial charge in [-0.15, -0.1) is 0 Å². The van der Waals surface area contributed by atoms with E-state index in [1.807, 2.05) is 19.1 Å². The molecule has 1 aliphatic heterocycles. The molecule has 1 saturated heterocycles. The summed E-state index contributed by atoms with van der Waals surface area (Å²) in [6.07, 6.45) is 4.40. The maximum Gasteiger partial charge on any atom is 0.224 e. The van der Waals surface area contributed by atoms with Gasteiger partial charge in [-0.2, -0.15) is 4.98 Å². The third-order valence-corrected chi connectivity index (χ3v) is 6.44. The number of hydrogen-bond donors (Lipinski definition) is 1. The van der Waals surface area contributed by atoms with Gasteiger partial charge in [-0.1, -0.05) is 30.3 Å². The Bertz CT molecular complexity index is 811. The van der Waals surface area contributed by atoms with Crippen molar-refractivity contribution in [2.24, 2.45) is 0 Å². The van der Waals surface area contributed by atoms with Gasteiger partial charge in [0.05, 0.1) is 11.5 Å². The molecule has 140 valence electrons. The van der Waals surface area contributed by atoms with Crippen molar-refractivity contribution in [2.75, 3.05) is 34.8 Å². The number of nitrogens with zero attached hydrogens (tertiary/aromatic N) is 3. The first-order valence-corrected chi connectivity index (χ1v) is 11.0. The van der Waals surface area contributed by atoms with Crippen molar-refractivity contribution in [1.82, 2.24) is 9.97 Å². The second kappa shape index (κ2) is 8.49. The predicted octanol–water partition coefficient (Wildman–Crippen LogP) is 2.53. The van der Waals surface area contributed by atoms with Gasteiger partial charge in [0, 0.05) is 25.3 Å². The molecule has 26 heavy (non-hydrogen) atoms. The van der Waals surface area contributed by atoms with E-state index in [1.165, 1.54) is 5.56 Å². The fourth-order valence-corrected chi connectivity index (χ4v) is 5.09. The standard InChI is InChI=1S/C19H26N4O2S/c1-2-23(17-11-14-26(24,25)15-17)18-10-13-21-19(22-18)20-12-6-9-16-7-4-3-5-8-16/h3-5,7-8,10,13,17H,2,6,9,11-12,14-15H2,1H3,(H,20,21,22). The van der Waals surface area contributed by atoms with Gasteiger partial charge in [0.2, 0.25) is 5.95 Å². The lowest BCUT2D eigenvalue weighted by Gasteiger charge is -2.28. The van der Waals surface area contributed by atoms with Crippen molar-refractivity contribution in [2.45, 2.75) is 32.2 Å². The van der Waals surface area contributed by atoms with Crippen molar-refractivity contribution in [3.8, 4) is 0 Å². The van der Waals surface area contributed by atoms with Gasteiger partial charge in [-0.3, -0.25) is 0 Å². The van der Waals surface area contributed by atoms with Gasteiger partial charge in [0.25, 0.3) is 0 Å². The summed E-state index contributed by atoms with van der Waals surface area (Å²) in [7, 11) is -2.91. The average Bonchev–Trinajstić information content (AvgIpc) is 3.00. The SMILES string of the molecule is CCN(c1ccnc(NCCCc2ccccc2)n1)C1CCS(=O)(=O)C1. The van der Waals surface area contributed by atoms with Crippen molar-refractivity contribution >= 4 is 21.6 Å². The Morgan fingerprint density at radius 2 is 2.04 bits per heavy atom. The molecular formula is C19H26N4O2S. The van der Waals surface area contributed by atoms with Gasteiger partial charge < -0.3 is 10.2 Å². The molecule has 0 spiro atoms. The lowest BCUT2D eigenvalue weighted by molar-refractivity contribution is 0.599. The summed E-state index contributed by atoms with van der Waals surface area (Å²) < 4.78 is 23.6. The highest BCUT2D eigenvalue weighted by Gasteiger charge is 2.32. The smallest absolute Gasteiger partial charge is 0.224 e. The molecule has 1 unspecified atom stereocenters. The predicted molar refractivity (Wildman–Crippen MR) is 105 cm³/mol. The molecule has 7 heteroatoms. The van der Waals surface area contributed by atoms with E-state index in [1.54, 1.807) is 6.20 Å². The topological polar surface area (TPSA) is 75.2 Å². The van der Waals surface area contributed by atoms with Crippen LogP contribution < -0.4 is 10.2 Å². The summed E-state index contributed by atoms with van der Waals surface area (Å²) in [4.78, 5) is 10.9. The molecule has 2 aromatic rings. The highest BCUT2D eigenvalue weighted by molar-refractivity contribution is 7.91. The zero-order valence-corrected chi connectivity index (χ0v) is 16.0. The van der Waals surface area contributed by atoms with Gasteiger partial charge >= 0.3 is 0 Å². The Kier molecular flexibility index (Phi) is 6.08. The molecule has 0 amide bonds. The molecule has 1 fully saturated rings. The van der Waals surface area contributed by atoms with E-state index in [0.29, 0.717) is 12.4 Å². The van der Waals surface area contributed by atoms with Crippen LogP contribution in [0.4, 0.5) is 11.8 Å². The Balaban J connectivity index is 1.57. The largest absolute Gasteiger partial charge is 0.354 e. The van der Waals surface area contributed by atoms with Gasteiger partial charge in [-0.05, 0) is 37.8 Å². The molecule has 1 N–H and O–H groups in total. The minimum Gasteiger partial charge on any atom is -0.354 e. The van der Waals surface area contributed by atoms with Crippen LogP contribution in [0.5, 0.6) is 0 Å². The Morgan fingerprint density at radius 3 is 2.73 bits per heavy atom. The van der Waals surface area contributed by atoms with Gasteiger partial charge in [-0.25, -0.2) is 13.4 Å². The van der Waals surface area contributed by atoms with E-state index in [4.69, 9.17) is 0 Å². The Hall–Kier alpha value is -2.15. The van der Waals surface area contributed by atoms with Crippen LogP contribution in [0.3, 0.4) is 0 Å². The number of benzene rings is 1. The second-order valence-corrected chi connectivity index (χ2v) is 8.83. The van der Waals surface area contributed by atoms with E-state index < -0.39 is 9.84 Å². The van der Waals surface area contributed by atoms with E-state index in [0.717, 1.165) is 31.7 Å². The molecule has 6 nitrogen and oxygen atoms in total. The number of aryl methyl sites for hydroxylation is 1. The molecule has 1 atom stereocenters. The van der Waals surface area contributed by atoms with E-state index >= 15 is 0 Å². The zero-order chi connectivity index (χ0) is 18.4. The van der Waals surface area contributed by atoms with Crippen molar-refractivity contribution in [3.05, 3.63) is 48.2 Å². The second-order valence-electron chi connectivity index (χ2n) is 6.60. The van der Waals surface area contributed by atoms with Crippen LogP contribution in [-0.2, 0) is 16.3 Å². The molecule has 0 saturated carbocycles. The zero-order valence-electron chi connectivity index (χ0n) is 15.1. The van der Waals surface area contributed by atoms with Crippen LogP contribution in [0.25, 0.3) is 0 Å². The van der Waals surface area contributed by atoms with Crippen LogP contribution in [0, 0.1) is 0 Å². The quantitative estimate of drug-likeness (QED) is 0.716. The number of hydrogen-bond acceptors (Lipinski definition) is 6. The summed E-state index contributed by atoms with van der Waals surface area (Å²) in [5.74, 6) is 1.86. The first kappa shape index (κ1) is 18.6. The average molecular weight is 375 g/mol. The molecule has 1 aromatic heterocycles. The normalized spacial score (nSPS) is 18.6. The van der Waals surface area contributed by atoms with Crippen LogP contribution in [0.15, 0.2) is 42.6 Å². The summed E-state index contributed by atoms with van der Waals surface area (Å²) >= 11 is 0. The molecule has 1 aromatic carbocycles. The number of anilines is 2. The monoisotopic (exact) mass is 374 g/mol. The summed E-state index contributed by atoms with van der Waals surface area (Å²) in [5, 5.41) is 3.27. The first-order chi connectivity index (χ1) is 12.6. The Labute approximate surface area is 155 Å². The molecule has 3 rings (SSSR count). The highest BCUT2D eigenvalue weighted by Crippen LogP contribution is 2.23. The lowest BCUT2D eigenvalue weighted by Crippen LogP contribution is -2.36. The van der Waals surface area contributed by atoms with E-state index in [-0.39, 0.29) is 17.5 Å². The van der Waals surface area contributed by atoms with Gasteiger partial charge in [0.15, 0.2) is 9.84 Å². The molecule has 0 radical (unpaired) electrons.